The Balaban J connectivity index is 2.41. The number of nitrogens with zero attached hydrogens (tertiary/aromatic N) is 1. The van der Waals surface area contributed by atoms with Crippen molar-refractivity contribution in [3.8, 4) is 0 Å². The second-order valence-electron chi connectivity index (χ2n) is 4.79. The molecule has 0 aromatic heterocycles. The molecule has 1 aliphatic rings. The van der Waals surface area contributed by atoms with E-state index in [1.54, 1.807) is 13.0 Å². The fourth-order valence-corrected chi connectivity index (χ4v) is 2.36. The van der Waals surface area contributed by atoms with Gasteiger partial charge < -0.3 is 5.32 Å². The molecular formula is C14H17ClN2O2. The second kappa shape index (κ2) is 5.21. The number of hydrogen-bond donors (Lipinski definition) is 1. The van der Waals surface area contributed by atoms with Gasteiger partial charge in [-0.1, -0.05) is 24.6 Å². The zero-order chi connectivity index (χ0) is 14.2. The number of rotatable bonds is 2. The Morgan fingerprint density at radius 2 is 2.05 bits per heavy atom. The lowest BCUT2D eigenvalue weighted by molar-refractivity contribution is -0.133. The molecule has 1 heterocycles. The molecule has 2 atom stereocenters. The lowest BCUT2D eigenvalue weighted by Crippen LogP contribution is -2.62. The van der Waals surface area contributed by atoms with Gasteiger partial charge in [0.2, 0.25) is 11.8 Å². The molecule has 0 bridgehead atoms. The summed E-state index contributed by atoms with van der Waals surface area (Å²) in [6, 6.07) is 4.43. The molecule has 0 aliphatic carbocycles. The number of carbonyl (C=O) groups is 2. The number of benzene rings is 1. The smallest absolute Gasteiger partial charge is 0.250 e. The maximum absolute atomic E-state index is 12.4. The van der Waals surface area contributed by atoms with Crippen molar-refractivity contribution in [3.63, 3.8) is 0 Å². The third-order valence-corrected chi connectivity index (χ3v) is 3.87. The summed E-state index contributed by atoms with van der Waals surface area (Å²) in [7, 11) is 0. The predicted molar refractivity (Wildman–Crippen MR) is 75.4 cm³/mol. The van der Waals surface area contributed by atoms with Crippen molar-refractivity contribution in [3.05, 3.63) is 28.8 Å². The van der Waals surface area contributed by atoms with Gasteiger partial charge in [-0.15, -0.1) is 0 Å². The lowest BCUT2D eigenvalue weighted by atomic mass is 10.0. The highest BCUT2D eigenvalue weighted by Crippen LogP contribution is 2.27. The first kappa shape index (κ1) is 13.9. The van der Waals surface area contributed by atoms with Crippen LogP contribution in [0.1, 0.15) is 25.8 Å². The van der Waals surface area contributed by atoms with Crippen LogP contribution in [0, 0.1) is 6.92 Å². The van der Waals surface area contributed by atoms with Crippen molar-refractivity contribution >= 4 is 29.1 Å². The number of nitrogens with one attached hydrogen (secondary N) is 1. The molecule has 1 N–H and O–H groups in total. The summed E-state index contributed by atoms with van der Waals surface area (Å²) in [6.45, 7) is 5.49. The Kier molecular flexibility index (Phi) is 3.80. The molecule has 2 rings (SSSR count). The fraction of sp³-hybridized carbons (Fsp3) is 0.429. The molecule has 19 heavy (non-hydrogen) atoms. The summed E-state index contributed by atoms with van der Waals surface area (Å²) in [5.41, 5.74) is 1.61. The van der Waals surface area contributed by atoms with Gasteiger partial charge in [-0.25, -0.2) is 0 Å². The molecule has 0 saturated carbocycles. The average molecular weight is 281 g/mol. The zero-order valence-corrected chi connectivity index (χ0v) is 12.0. The van der Waals surface area contributed by atoms with Crippen molar-refractivity contribution < 1.29 is 9.59 Å². The Morgan fingerprint density at radius 3 is 2.63 bits per heavy atom. The van der Waals surface area contributed by atoms with Gasteiger partial charge in [0.05, 0.1) is 0 Å². The minimum atomic E-state index is -0.519. The number of halogens is 1. The summed E-state index contributed by atoms with van der Waals surface area (Å²) >= 11 is 6.10. The maximum atomic E-state index is 12.4. The monoisotopic (exact) mass is 280 g/mol. The fourth-order valence-electron chi connectivity index (χ4n) is 2.19. The molecule has 4 nitrogen and oxygen atoms in total. The van der Waals surface area contributed by atoms with Gasteiger partial charge in [-0.2, -0.15) is 0 Å². The molecule has 2 amide bonds. The van der Waals surface area contributed by atoms with Crippen molar-refractivity contribution in [2.75, 3.05) is 4.90 Å². The third kappa shape index (κ3) is 2.45. The number of aryl methyl sites for hydroxylation is 1. The molecule has 1 aromatic carbocycles. The first-order valence-electron chi connectivity index (χ1n) is 6.35. The lowest BCUT2D eigenvalue weighted by Gasteiger charge is -2.37. The Morgan fingerprint density at radius 1 is 1.37 bits per heavy atom. The van der Waals surface area contributed by atoms with E-state index < -0.39 is 12.1 Å². The Bertz CT molecular complexity index is 530. The first-order chi connectivity index (χ1) is 8.95. The normalized spacial score (nSPS) is 23.5. The minimum Gasteiger partial charge on any atom is -0.343 e. The summed E-state index contributed by atoms with van der Waals surface area (Å²) in [6.07, 6.45) is 0.577. The van der Waals surface area contributed by atoms with Gasteiger partial charge in [0.15, 0.2) is 0 Å². The van der Waals surface area contributed by atoms with Crippen LogP contribution in [0.2, 0.25) is 5.02 Å². The number of anilines is 1. The van der Waals surface area contributed by atoms with Crippen LogP contribution in [-0.4, -0.2) is 23.9 Å². The molecule has 2 unspecified atom stereocenters. The van der Waals surface area contributed by atoms with Crippen molar-refractivity contribution in [1.82, 2.24) is 5.32 Å². The van der Waals surface area contributed by atoms with Crippen LogP contribution in [0.25, 0.3) is 0 Å². The number of carbonyl (C=O) groups excluding carboxylic acids is 2. The molecule has 1 saturated heterocycles. The SMILES string of the molecule is CCC1NC(=O)C(C)N(c2ccc(C)c(Cl)c2)C1=O. The molecule has 0 radical (unpaired) electrons. The topological polar surface area (TPSA) is 49.4 Å². The van der Waals surface area contributed by atoms with E-state index in [1.807, 2.05) is 26.0 Å². The van der Waals surface area contributed by atoms with Gasteiger partial charge >= 0.3 is 0 Å². The van der Waals surface area contributed by atoms with Crippen LogP contribution in [0.15, 0.2) is 18.2 Å². The van der Waals surface area contributed by atoms with Crippen molar-refractivity contribution in [2.45, 2.75) is 39.3 Å². The first-order valence-corrected chi connectivity index (χ1v) is 6.73. The molecule has 1 aromatic rings. The van der Waals surface area contributed by atoms with E-state index in [2.05, 4.69) is 5.32 Å². The van der Waals surface area contributed by atoms with Crippen LogP contribution in [0.3, 0.4) is 0 Å². The average Bonchev–Trinajstić information content (AvgIpc) is 2.38. The third-order valence-electron chi connectivity index (χ3n) is 3.46. The van der Waals surface area contributed by atoms with E-state index in [-0.39, 0.29) is 11.8 Å². The highest BCUT2D eigenvalue weighted by Gasteiger charge is 2.38. The molecule has 0 spiro atoms. The van der Waals surface area contributed by atoms with Crippen LogP contribution in [-0.2, 0) is 9.59 Å². The molecule has 5 heteroatoms. The molecular weight excluding hydrogens is 264 g/mol. The van der Waals surface area contributed by atoms with Crippen molar-refractivity contribution in [2.24, 2.45) is 0 Å². The number of hydrogen-bond acceptors (Lipinski definition) is 2. The van der Waals surface area contributed by atoms with Gasteiger partial charge in [-0.05, 0) is 38.0 Å². The van der Waals surface area contributed by atoms with Gasteiger partial charge in [-0.3, -0.25) is 14.5 Å². The van der Waals surface area contributed by atoms with Crippen LogP contribution < -0.4 is 10.2 Å². The number of amides is 2. The van der Waals surface area contributed by atoms with E-state index in [0.29, 0.717) is 17.1 Å². The Labute approximate surface area is 117 Å². The van der Waals surface area contributed by atoms with E-state index in [1.165, 1.54) is 4.90 Å². The highest BCUT2D eigenvalue weighted by atomic mass is 35.5. The zero-order valence-electron chi connectivity index (χ0n) is 11.2. The summed E-state index contributed by atoms with van der Waals surface area (Å²) < 4.78 is 0. The molecule has 1 fully saturated rings. The quantitative estimate of drug-likeness (QED) is 0.903. The summed E-state index contributed by atoms with van der Waals surface area (Å²) in [5, 5.41) is 3.32. The number of piperazine rings is 1. The Hall–Kier alpha value is -1.55. The standard InChI is InChI=1S/C14H17ClN2O2/c1-4-12-14(19)17(9(3)13(18)16-12)10-6-5-8(2)11(15)7-10/h5-7,9,12H,4H2,1-3H3,(H,16,18). The van der Waals surface area contributed by atoms with Crippen LogP contribution >= 0.6 is 11.6 Å². The maximum Gasteiger partial charge on any atom is 0.250 e. The van der Waals surface area contributed by atoms with Crippen LogP contribution in [0.4, 0.5) is 5.69 Å². The summed E-state index contributed by atoms with van der Waals surface area (Å²) in [5.74, 6) is -0.224. The van der Waals surface area contributed by atoms with E-state index >= 15 is 0 Å². The highest BCUT2D eigenvalue weighted by molar-refractivity contribution is 6.31. The van der Waals surface area contributed by atoms with Crippen molar-refractivity contribution in [1.29, 1.82) is 0 Å². The van der Waals surface area contributed by atoms with Gasteiger partial charge in [0.25, 0.3) is 0 Å². The van der Waals surface area contributed by atoms with E-state index in [9.17, 15) is 9.59 Å². The van der Waals surface area contributed by atoms with Gasteiger partial charge in [0.1, 0.15) is 12.1 Å². The predicted octanol–water partition coefficient (Wildman–Crippen LogP) is 2.28. The summed E-state index contributed by atoms with van der Waals surface area (Å²) in [4.78, 5) is 25.8. The molecule has 1 aliphatic heterocycles. The minimum absolute atomic E-state index is 0.0884. The largest absolute Gasteiger partial charge is 0.343 e. The second-order valence-corrected chi connectivity index (χ2v) is 5.19. The van der Waals surface area contributed by atoms with E-state index in [4.69, 9.17) is 11.6 Å². The van der Waals surface area contributed by atoms with Crippen LogP contribution in [0.5, 0.6) is 0 Å². The van der Waals surface area contributed by atoms with Gasteiger partial charge in [0, 0.05) is 10.7 Å². The van der Waals surface area contributed by atoms with E-state index in [0.717, 1.165) is 5.56 Å². The molecule has 102 valence electrons.